The second-order valence-corrected chi connectivity index (χ2v) is 3.18. The molecule has 0 bridgehead atoms. The Morgan fingerprint density at radius 2 is 1.86 bits per heavy atom. The van der Waals surface area contributed by atoms with Crippen LogP contribution in [0.5, 0.6) is 5.75 Å². The molecule has 78 valence electrons. The molecular formula is C11H16O3. The number of hydrogen-bond donors (Lipinski definition) is 1. The number of ether oxygens (including phenoxy) is 2. The summed E-state index contributed by atoms with van der Waals surface area (Å²) in [5, 5.41) is 9.10. The third kappa shape index (κ3) is 3.36. The molecule has 3 heteroatoms. The van der Waals surface area contributed by atoms with Crippen LogP contribution < -0.4 is 0 Å². The SMILES string of the molecule is COCC(Cc1ccc(O)cc1)OC. The minimum absolute atomic E-state index is 0.0737. The molecular weight excluding hydrogens is 180 g/mol. The summed E-state index contributed by atoms with van der Waals surface area (Å²) in [6.07, 6.45) is 0.870. The van der Waals surface area contributed by atoms with Crippen molar-refractivity contribution < 1.29 is 14.6 Å². The molecule has 0 radical (unpaired) electrons. The van der Waals surface area contributed by atoms with Crippen molar-refractivity contribution in [2.75, 3.05) is 20.8 Å². The summed E-state index contributed by atoms with van der Waals surface area (Å²) in [7, 11) is 3.33. The Balaban J connectivity index is 2.53. The molecule has 1 atom stereocenters. The molecule has 0 aliphatic rings. The van der Waals surface area contributed by atoms with Gasteiger partial charge >= 0.3 is 0 Å². The van der Waals surface area contributed by atoms with Gasteiger partial charge in [-0.25, -0.2) is 0 Å². The van der Waals surface area contributed by atoms with Crippen LogP contribution in [0.15, 0.2) is 24.3 Å². The summed E-state index contributed by atoms with van der Waals surface area (Å²) in [5.74, 6) is 0.287. The zero-order valence-electron chi connectivity index (χ0n) is 8.56. The maximum atomic E-state index is 9.10. The van der Waals surface area contributed by atoms with E-state index in [1.165, 1.54) is 0 Å². The van der Waals surface area contributed by atoms with Crippen molar-refractivity contribution in [3.05, 3.63) is 29.8 Å². The van der Waals surface area contributed by atoms with E-state index in [1.807, 2.05) is 12.1 Å². The summed E-state index contributed by atoms with van der Waals surface area (Å²) < 4.78 is 10.3. The quantitative estimate of drug-likeness (QED) is 0.777. The van der Waals surface area contributed by atoms with Crippen LogP contribution in [-0.4, -0.2) is 32.0 Å². The highest BCUT2D eigenvalue weighted by molar-refractivity contribution is 5.26. The van der Waals surface area contributed by atoms with Gasteiger partial charge in [0, 0.05) is 20.6 Å². The van der Waals surface area contributed by atoms with E-state index in [-0.39, 0.29) is 11.9 Å². The number of methoxy groups -OCH3 is 2. The minimum Gasteiger partial charge on any atom is -0.508 e. The summed E-state index contributed by atoms with van der Waals surface area (Å²) in [6.45, 7) is 0.581. The molecule has 1 aromatic carbocycles. The highest BCUT2D eigenvalue weighted by Gasteiger charge is 2.07. The molecule has 0 fully saturated rings. The van der Waals surface area contributed by atoms with Crippen molar-refractivity contribution >= 4 is 0 Å². The van der Waals surface area contributed by atoms with E-state index in [0.717, 1.165) is 12.0 Å². The van der Waals surface area contributed by atoms with Gasteiger partial charge in [0.05, 0.1) is 12.7 Å². The first kappa shape index (κ1) is 11.0. The third-order valence-electron chi connectivity index (χ3n) is 2.09. The number of aromatic hydroxyl groups is 1. The maximum Gasteiger partial charge on any atom is 0.115 e. The lowest BCUT2D eigenvalue weighted by atomic mass is 10.1. The Kier molecular flexibility index (Phi) is 4.43. The highest BCUT2D eigenvalue weighted by Crippen LogP contribution is 2.12. The zero-order chi connectivity index (χ0) is 10.4. The molecule has 1 unspecified atom stereocenters. The van der Waals surface area contributed by atoms with Crippen molar-refractivity contribution in [1.82, 2.24) is 0 Å². The van der Waals surface area contributed by atoms with Gasteiger partial charge < -0.3 is 14.6 Å². The molecule has 0 saturated heterocycles. The molecule has 1 N–H and O–H groups in total. The first-order valence-electron chi connectivity index (χ1n) is 4.56. The summed E-state index contributed by atoms with van der Waals surface area (Å²) >= 11 is 0. The van der Waals surface area contributed by atoms with Crippen LogP contribution in [0.3, 0.4) is 0 Å². The van der Waals surface area contributed by atoms with Crippen LogP contribution in [0.4, 0.5) is 0 Å². The summed E-state index contributed by atoms with van der Waals surface area (Å²) in [6, 6.07) is 7.12. The topological polar surface area (TPSA) is 38.7 Å². The molecule has 0 heterocycles. The Morgan fingerprint density at radius 3 is 2.36 bits per heavy atom. The maximum absolute atomic E-state index is 9.10. The molecule has 0 aliphatic heterocycles. The molecule has 3 nitrogen and oxygen atoms in total. The lowest BCUT2D eigenvalue weighted by molar-refractivity contribution is 0.0289. The van der Waals surface area contributed by atoms with Crippen LogP contribution in [0.25, 0.3) is 0 Å². The number of phenolic OH excluding ortho intramolecular Hbond substituents is 1. The fourth-order valence-electron chi connectivity index (χ4n) is 1.29. The fraction of sp³-hybridized carbons (Fsp3) is 0.455. The molecule has 1 aromatic rings. The minimum atomic E-state index is 0.0737. The van der Waals surface area contributed by atoms with Crippen LogP contribution in [0.2, 0.25) is 0 Å². The molecule has 0 spiro atoms. The molecule has 1 rings (SSSR count). The first-order valence-corrected chi connectivity index (χ1v) is 4.56. The van der Waals surface area contributed by atoms with Gasteiger partial charge in [0.1, 0.15) is 5.75 Å². The van der Waals surface area contributed by atoms with Crippen LogP contribution in [-0.2, 0) is 15.9 Å². The van der Waals surface area contributed by atoms with Crippen molar-refractivity contribution in [2.24, 2.45) is 0 Å². The van der Waals surface area contributed by atoms with Crippen LogP contribution in [0.1, 0.15) is 5.56 Å². The molecule has 0 saturated carbocycles. The van der Waals surface area contributed by atoms with E-state index in [2.05, 4.69) is 0 Å². The summed E-state index contributed by atoms with van der Waals surface area (Å²) in [5.41, 5.74) is 1.13. The van der Waals surface area contributed by atoms with Crippen molar-refractivity contribution in [2.45, 2.75) is 12.5 Å². The zero-order valence-corrected chi connectivity index (χ0v) is 8.56. The van der Waals surface area contributed by atoms with Gasteiger partial charge in [-0.3, -0.25) is 0 Å². The van der Waals surface area contributed by atoms with Gasteiger partial charge in [-0.15, -0.1) is 0 Å². The molecule has 0 amide bonds. The second kappa shape index (κ2) is 5.62. The van der Waals surface area contributed by atoms with Gasteiger partial charge in [-0.2, -0.15) is 0 Å². The van der Waals surface area contributed by atoms with Crippen molar-refractivity contribution in [3.63, 3.8) is 0 Å². The van der Waals surface area contributed by atoms with E-state index in [9.17, 15) is 0 Å². The Morgan fingerprint density at radius 1 is 1.21 bits per heavy atom. The number of hydrogen-bond acceptors (Lipinski definition) is 3. The predicted octanol–water partition coefficient (Wildman–Crippen LogP) is 1.60. The second-order valence-electron chi connectivity index (χ2n) is 3.18. The van der Waals surface area contributed by atoms with Crippen molar-refractivity contribution in [3.8, 4) is 5.75 Å². The van der Waals surface area contributed by atoms with E-state index < -0.39 is 0 Å². The normalized spacial score (nSPS) is 12.7. The third-order valence-corrected chi connectivity index (χ3v) is 2.09. The number of rotatable bonds is 5. The molecule has 14 heavy (non-hydrogen) atoms. The lowest BCUT2D eigenvalue weighted by Gasteiger charge is -2.13. The first-order chi connectivity index (χ1) is 6.76. The Hall–Kier alpha value is -1.06. The highest BCUT2D eigenvalue weighted by atomic mass is 16.5. The van der Waals surface area contributed by atoms with Crippen molar-refractivity contribution in [1.29, 1.82) is 0 Å². The summed E-state index contributed by atoms with van der Waals surface area (Å²) in [4.78, 5) is 0. The lowest BCUT2D eigenvalue weighted by Crippen LogP contribution is -2.19. The van der Waals surface area contributed by atoms with E-state index in [4.69, 9.17) is 14.6 Å². The molecule has 0 aliphatic carbocycles. The largest absolute Gasteiger partial charge is 0.508 e. The predicted molar refractivity (Wildman–Crippen MR) is 54.5 cm³/mol. The smallest absolute Gasteiger partial charge is 0.115 e. The van der Waals surface area contributed by atoms with E-state index in [1.54, 1.807) is 26.4 Å². The fourth-order valence-corrected chi connectivity index (χ4v) is 1.29. The Labute approximate surface area is 84.3 Å². The molecule has 0 aromatic heterocycles. The van der Waals surface area contributed by atoms with Crippen LogP contribution >= 0.6 is 0 Å². The average molecular weight is 196 g/mol. The monoisotopic (exact) mass is 196 g/mol. The van der Waals surface area contributed by atoms with E-state index in [0.29, 0.717) is 6.61 Å². The van der Waals surface area contributed by atoms with Gasteiger partial charge in [-0.05, 0) is 17.7 Å². The number of benzene rings is 1. The van der Waals surface area contributed by atoms with E-state index >= 15 is 0 Å². The number of phenols is 1. The van der Waals surface area contributed by atoms with Gasteiger partial charge in [-0.1, -0.05) is 12.1 Å². The average Bonchev–Trinajstić information content (AvgIpc) is 2.20. The van der Waals surface area contributed by atoms with Gasteiger partial charge in [0.25, 0.3) is 0 Å². The van der Waals surface area contributed by atoms with Crippen LogP contribution in [0, 0.1) is 0 Å². The van der Waals surface area contributed by atoms with Gasteiger partial charge in [0.2, 0.25) is 0 Å². The Bertz CT molecular complexity index is 256. The van der Waals surface area contributed by atoms with Gasteiger partial charge in [0.15, 0.2) is 0 Å². The standard InChI is InChI=1S/C11H16O3/c1-13-8-11(14-2)7-9-3-5-10(12)6-4-9/h3-6,11-12H,7-8H2,1-2H3.